The Morgan fingerprint density at radius 3 is 1.42 bits per heavy atom. The lowest BCUT2D eigenvalue weighted by Gasteiger charge is -2.46. The summed E-state index contributed by atoms with van der Waals surface area (Å²) in [6.45, 7) is 15.2. The lowest BCUT2D eigenvalue weighted by molar-refractivity contribution is 0.0572. The highest BCUT2D eigenvalue weighted by molar-refractivity contribution is 5.56. The molecule has 0 radical (unpaired) electrons. The second-order valence-corrected chi connectivity index (χ2v) is 9.95. The van der Waals surface area contributed by atoms with Crippen LogP contribution in [0.5, 0.6) is 0 Å². The van der Waals surface area contributed by atoms with Gasteiger partial charge in [0.2, 0.25) is 0 Å². The van der Waals surface area contributed by atoms with Crippen molar-refractivity contribution in [2.24, 2.45) is 38.9 Å². The van der Waals surface area contributed by atoms with Crippen molar-refractivity contribution in [3.05, 3.63) is 11.1 Å². The summed E-state index contributed by atoms with van der Waals surface area (Å²) in [6.07, 6.45) is 6.10. The van der Waals surface area contributed by atoms with E-state index >= 15 is 0 Å². The van der Waals surface area contributed by atoms with Crippen molar-refractivity contribution in [2.45, 2.75) is 67.2 Å². The Kier molecular flexibility index (Phi) is 1.43. The molecule has 0 N–H and O–H groups in total. The molecule has 0 amide bonds. The number of rotatable bonds is 0. The van der Waals surface area contributed by atoms with Crippen LogP contribution in [-0.2, 0) is 0 Å². The minimum absolute atomic E-state index is 0.400. The SMILES string of the molecule is CC1(C)C2=C(CC34C5CCC3C54C2)C(C)(C)C1(C)C. The van der Waals surface area contributed by atoms with Gasteiger partial charge in [0, 0.05) is 0 Å². The van der Waals surface area contributed by atoms with E-state index in [2.05, 4.69) is 41.5 Å². The Morgan fingerprint density at radius 2 is 1.05 bits per heavy atom. The Labute approximate surface area is 118 Å². The topological polar surface area (TPSA) is 0 Å². The lowest BCUT2D eigenvalue weighted by Crippen LogP contribution is -2.40. The van der Waals surface area contributed by atoms with Gasteiger partial charge in [-0.25, -0.2) is 0 Å². The van der Waals surface area contributed by atoms with E-state index in [-0.39, 0.29) is 0 Å². The van der Waals surface area contributed by atoms with E-state index in [4.69, 9.17) is 0 Å². The van der Waals surface area contributed by atoms with E-state index < -0.39 is 0 Å². The molecule has 2 spiro atoms. The minimum atomic E-state index is 0.400. The summed E-state index contributed by atoms with van der Waals surface area (Å²) in [5.41, 5.74) is 6.68. The fraction of sp³-hybridized carbons (Fsp3) is 0.895. The predicted octanol–water partition coefficient (Wildman–Crippen LogP) is 5.20. The van der Waals surface area contributed by atoms with Crippen LogP contribution in [0.4, 0.5) is 0 Å². The monoisotopic (exact) mass is 256 g/mol. The third kappa shape index (κ3) is 0.727. The summed E-state index contributed by atoms with van der Waals surface area (Å²) in [6, 6.07) is 0. The molecule has 2 bridgehead atoms. The van der Waals surface area contributed by atoms with Gasteiger partial charge in [0.1, 0.15) is 0 Å². The van der Waals surface area contributed by atoms with Gasteiger partial charge < -0.3 is 0 Å². The first-order chi connectivity index (χ1) is 8.66. The smallest absolute Gasteiger partial charge is 0.00823 e. The van der Waals surface area contributed by atoms with Gasteiger partial charge >= 0.3 is 0 Å². The van der Waals surface area contributed by atoms with Gasteiger partial charge in [0.25, 0.3) is 0 Å². The molecule has 0 aromatic carbocycles. The van der Waals surface area contributed by atoms with Gasteiger partial charge in [0.05, 0.1) is 0 Å². The van der Waals surface area contributed by atoms with Crippen molar-refractivity contribution in [3.63, 3.8) is 0 Å². The molecule has 0 aromatic rings. The van der Waals surface area contributed by atoms with Gasteiger partial charge in [-0.2, -0.15) is 0 Å². The van der Waals surface area contributed by atoms with Gasteiger partial charge in [-0.15, -0.1) is 0 Å². The van der Waals surface area contributed by atoms with Crippen molar-refractivity contribution < 1.29 is 0 Å². The van der Waals surface area contributed by atoms with Crippen LogP contribution in [0.3, 0.4) is 0 Å². The second kappa shape index (κ2) is 2.38. The molecule has 0 aromatic heterocycles. The molecule has 0 aliphatic heterocycles. The number of allylic oxidation sites excluding steroid dienone is 2. The Bertz CT molecular complexity index is 499. The number of fused-ring (bicyclic) bond motifs is 1. The first-order valence-electron chi connectivity index (χ1n) is 8.39. The van der Waals surface area contributed by atoms with Crippen LogP contribution in [0, 0.1) is 38.9 Å². The fourth-order valence-corrected chi connectivity index (χ4v) is 7.59. The first kappa shape index (κ1) is 11.4. The molecule has 6 aliphatic carbocycles. The van der Waals surface area contributed by atoms with E-state index in [9.17, 15) is 0 Å². The normalized spacial score (nSPS) is 56.5. The number of hydrogen-bond donors (Lipinski definition) is 0. The van der Waals surface area contributed by atoms with Crippen LogP contribution in [0.2, 0.25) is 0 Å². The molecule has 4 fully saturated rings. The summed E-state index contributed by atoms with van der Waals surface area (Å²) < 4.78 is 0. The molecule has 0 atom stereocenters. The van der Waals surface area contributed by atoms with Crippen molar-refractivity contribution >= 4 is 0 Å². The van der Waals surface area contributed by atoms with Gasteiger partial charge in [-0.1, -0.05) is 52.7 Å². The molecule has 0 nitrogen and oxygen atoms in total. The summed E-state index contributed by atoms with van der Waals surface area (Å²) in [7, 11) is 0. The largest absolute Gasteiger partial charge is 0.0636 e. The van der Waals surface area contributed by atoms with Crippen LogP contribution in [-0.4, -0.2) is 0 Å². The van der Waals surface area contributed by atoms with E-state index in [1.807, 2.05) is 11.1 Å². The Balaban J connectivity index is 1.67. The molecule has 0 unspecified atom stereocenters. The van der Waals surface area contributed by atoms with Crippen molar-refractivity contribution in [1.29, 1.82) is 0 Å². The summed E-state index contributed by atoms with van der Waals surface area (Å²) >= 11 is 0. The molecule has 19 heavy (non-hydrogen) atoms. The maximum absolute atomic E-state index is 2.54. The Morgan fingerprint density at radius 1 is 0.684 bits per heavy atom. The lowest BCUT2D eigenvalue weighted by atomic mass is 9.57. The highest BCUT2D eigenvalue weighted by Gasteiger charge is 2.99. The van der Waals surface area contributed by atoms with Gasteiger partial charge in [0.15, 0.2) is 0 Å². The third-order valence-corrected chi connectivity index (χ3v) is 9.87. The van der Waals surface area contributed by atoms with E-state index in [1.54, 1.807) is 12.8 Å². The Hall–Kier alpha value is -0.260. The molecular weight excluding hydrogens is 228 g/mol. The quantitative estimate of drug-likeness (QED) is 0.523. The zero-order chi connectivity index (χ0) is 13.6. The zero-order valence-corrected chi connectivity index (χ0v) is 13.5. The summed E-state index contributed by atoms with van der Waals surface area (Å²) in [5, 5.41) is 0. The first-order valence-corrected chi connectivity index (χ1v) is 8.39. The fourth-order valence-electron chi connectivity index (χ4n) is 7.59. The molecular formula is C19H28. The van der Waals surface area contributed by atoms with Crippen LogP contribution < -0.4 is 0 Å². The van der Waals surface area contributed by atoms with Crippen LogP contribution in [0.1, 0.15) is 67.2 Å². The average Bonchev–Trinajstić information content (AvgIpc) is 2.88. The molecule has 0 heteroatoms. The van der Waals surface area contributed by atoms with Crippen molar-refractivity contribution in [3.8, 4) is 0 Å². The van der Waals surface area contributed by atoms with Gasteiger partial charge in [-0.3, -0.25) is 0 Å². The average molecular weight is 256 g/mol. The standard InChI is InChI=1S/C19H28/c1-15(2)11-9-18-13-7-8-14(18)19(13,18)10-12(11)16(3,4)17(15,5)6/h13-14H,7-10H2,1-6H3. The summed E-state index contributed by atoms with van der Waals surface area (Å²) in [5.74, 6) is 2.29. The third-order valence-electron chi connectivity index (χ3n) is 9.87. The summed E-state index contributed by atoms with van der Waals surface area (Å²) in [4.78, 5) is 0. The molecule has 6 aliphatic rings. The van der Waals surface area contributed by atoms with Crippen LogP contribution in [0.15, 0.2) is 11.1 Å². The number of hydrogen-bond acceptors (Lipinski definition) is 0. The van der Waals surface area contributed by atoms with Crippen LogP contribution in [0.25, 0.3) is 0 Å². The van der Waals surface area contributed by atoms with Crippen molar-refractivity contribution in [1.82, 2.24) is 0 Å². The minimum Gasteiger partial charge on any atom is -0.0636 e. The second-order valence-electron chi connectivity index (χ2n) is 9.95. The van der Waals surface area contributed by atoms with Gasteiger partial charge in [-0.05, 0) is 64.6 Å². The zero-order valence-electron chi connectivity index (χ0n) is 13.5. The molecule has 4 saturated carbocycles. The molecule has 104 valence electrons. The van der Waals surface area contributed by atoms with E-state index in [0.717, 1.165) is 22.7 Å². The van der Waals surface area contributed by atoms with E-state index in [1.165, 1.54) is 12.8 Å². The predicted molar refractivity (Wildman–Crippen MR) is 78.7 cm³/mol. The highest BCUT2D eigenvalue weighted by atomic mass is 15.0. The molecule has 0 heterocycles. The molecule has 6 rings (SSSR count). The molecule has 0 saturated heterocycles. The van der Waals surface area contributed by atoms with Crippen LogP contribution >= 0.6 is 0 Å². The maximum atomic E-state index is 2.54. The van der Waals surface area contributed by atoms with E-state index in [0.29, 0.717) is 16.2 Å². The maximum Gasteiger partial charge on any atom is -0.00823 e. The van der Waals surface area contributed by atoms with Crippen molar-refractivity contribution in [2.75, 3.05) is 0 Å². The highest BCUT2D eigenvalue weighted by Crippen LogP contribution is 3.05.